The quantitative estimate of drug-likeness (QED) is 0.836. The van der Waals surface area contributed by atoms with Gasteiger partial charge in [0, 0.05) is 13.1 Å². The molecule has 1 aliphatic rings. The van der Waals surface area contributed by atoms with Crippen molar-refractivity contribution in [2.75, 3.05) is 7.05 Å². The van der Waals surface area contributed by atoms with Gasteiger partial charge in [0.05, 0.1) is 10.9 Å². The number of benzene rings is 1. The van der Waals surface area contributed by atoms with Gasteiger partial charge in [-0.15, -0.1) is 0 Å². The van der Waals surface area contributed by atoms with Crippen LogP contribution in [0.1, 0.15) is 18.4 Å². The lowest BCUT2D eigenvalue weighted by atomic mass is 10.1. The summed E-state index contributed by atoms with van der Waals surface area (Å²) in [7, 11) is 1.81. The van der Waals surface area contributed by atoms with Crippen molar-refractivity contribution in [3.05, 3.63) is 34.1 Å². The van der Waals surface area contributed by atoms with Gasteiger partial charge in [-0.3, -0.25) is 4.79 Å². The van der Waals surface area contributed by atoms with Crippen molar-refractivity contribution in [2.24, 2.45) is 0 Å². The molecule has 1 amide bonds. The minimum atomic E-state index is -0.320. The molecule has 16 heavy (non-hydrogen) atoms. The second-order valence-corrected chi connectivity index (χ2v) is 5.02. The number of hydrogen-bond acceptors (Lipinski definition) is 1. The molecule has 0 heterocycles. The molecule has 0 atom stereocenters. The van der Waals surface area contributed by atoms with E-state index in [2.05, 4.69) is 15.9 Å². The first kappa shape index (κ1) is 11.6. The molecule has 0 radical (unpaired) electrons. The molecule has 0 unspecified atom stereocenters. The lowest BCUT2D eigenvalue weighted by molar-refractivity contribution is -0.129. The van der Waals surface area contributed by atoms with Gasteiger partial charge in [0.2, 0.25) is 5.91 Å². The Kier molecular flexibility index (Phi) is 3.28. The first-order valence-electron chi connectivity index (χ1n) is 5.27. The Morgan fingerprint density at radius 3 is 2.81 bits per heavy atom. The van der Waals surface area contributed by atoms with Gasteiger partial charge < -0.3 is 4.90 Å². The Hall–Kier alpha value is -0.900. The molecule has 0 saturated heterocycles. The number of likely N-dealkylation sites (N-methyl/N-ethyl adjacent to an activating group) is 1. The average Bonchev–Trinajstić information content (AvgIpc) is 3.06. The molecule has 0 spiro atoms. The van der Waals surface area contributed by atoms with Crippen molar-refractivity contribution in [3.63, 3.8) is 0 Å². The monoisotopic (exact) mass is 285 g/mol. The topological polar surface area (TPSA) is 20.3 Å². The lowest BCUT2D eigenvalue weighted by Gasteiger charge is -2.16. The lowest BCUT2D eigenvalue weighted by Crippen LogP contribution is -2.30. The molecule has 1 aromatic carbocycles. The standard InChI is InChI=1S/C12H13BrFNO/c1-15(9-3-4-9)12(16)7-8-2-5-10(13)11(14)6-8/h2,5-6,9H,3-4,7H2,1H3. The fourth-order valence-electron chi connectivity index (χ4n) is 1.61. The number of halogens is 2. The van der Waals surface area contributed by atoms with Crippen molar-refractivity contribution in [1.82, 2.24) is 4.90 Å². The summed E-state index contributed by atoms with van der Waals surface area (Å²) in [4.78, 5) is 13.5. The van der Waals surface area contributed by atoms with Gasteiger partial charge in [-0.1, -0.05) is 6.07 Å². The Bertz CT molecular complexity index is 417. The van der Waals surface area contributed by atoms with Gasteiger partial charge in [0.15, 0.2) is 0 Å². The zero-order valence-electron chi connectivity index (χ0n) is 9.04. The van der Waals surface area contributed by atoms with E-state index in [1.54, 1.807) is 17.0 Å². The third kappa shape index (κ3) is 2.61. The van der Waals surface area contributed by atoms with E-state index in [1.165, 1.54) is 6.07 Å². The predicted octanol–water partition coefficient (Wildman–Crippen LogP) is 2.75. The van der Waals surface area contributed by atoms with Crippen LogP contribution in [-0.2, 0) is 11.2 Å². The molecule has 1 saturated carbocycles. The zero-order valence-corrected chi connectivity index (χ0v) is 10.6. The molecule has 1 aliphatic carbocycles. The molecular formula is C12H13BrFNO. The number of carbonyl (C=O) groups is 1. The molecule has 1 aromatic rings. The normalized spacial score (nSPS) is 14.9. The molecular weight excluding hydrogens is 273 g/mol. The predicted molar refractivity (Wildman–Crippen MR) is 63.6 cm³/mol. The van der Waals surface area contributed by atoms with E-state index in [9.17, 15) is 9.18 Å². The Labute approximate surface area is 103 Å². The van der Waals surface area contributed by atoms with Gasteiger partial charge in [0.25, 0.3) is 0 Å². The van der Waals surface area contributed by atoms with E-state index in [0.717, 1.165) is 18.4 Å². The van der Waals surface area contributed by atoms with Crippen LogP contribution in [0.25, 0.3) is 0 Å². The summed E-state index contributed by atoms with van der Waals surface area (Å²) in [5.74, 6) is -0.261. The molecule has 0 N–H and O–H groups in total. The maximum Gasteiger partial charge on any atom is 0.226 e. The molecule has 2 nitrogen and oxygen atoms in total. The Balaban J connectivity index is 2.02. The fraction of sp³-hybridized carbons (Fsp3) is 0.417. The largest absolute Gasteiger partial charge is 0.342 e. The van der Waals surface area contributed by atoms with E-state index in [0.29, 0.717) is 10.5 Å². The zero-order chi connectivity index (χ0) is 11.7. The van der Waals surface area contributed by atoms with E-state index in [1.807, 2.05) is 7.05 Å². The van der Waals surface area contributed by atoms with Crippen LogP contribution < -0.4 is 0 Å². The summed E-state index contributed by atoms with van der Waals surface area (Å²) in [5, 5.41) is 0. The van der Waals surface area contributed by atoms with Crippen LogP contribution in [0.5, 0.6) is 0 Å². The summed E-state index contributed by atoms with van der Waals surface area (Å²) in [6.45, 7) is 0. The van der Waals surface area contributed by atoms with Gasteiger partial charge in [-0.2, -0.15) is 0 Å². The van der Waals surface area contributed by atoms with Crippen molar-refractivity contribution < 1.29 is 9.18 Å². The van der Waals surface area contributed by atoms with Crippen LogP contribution in [0.15, 0.2) is 22.7 Å². The SMILES string of the molecule is CN(C(=O)Cc1ccc(Br)c(F)c1)C1CC1. The number of carbonyl (C=O) groups excluding carboxylic acids is 1. The first-order chi connectivity index (χ1) is 7.58. The van der Waals surface area contributed by atoms with Crippen molar-refractivity contribution >= 4 is 21.8 Å². The minimum absolute atomic E-state index is 0.0595. The minimum Gasteiger partial charge on any atom is -0.342 e. The fourth-order valence-corrected chi connectivity index (χ4v) is 1.86. The van der Waals surface area contributed by atoms with E-state index in [-0.39, 0.29) is 18.1 Å². The van der Waals surface area contributed by atoms with Crippen LogP contribution in [0.2, 0.25) is 0 Å². The van der Waals surface area contributed by atoms with Crippen molar-refractivity contribution in [2.45, 2.75) is 25.3 Å². The van der Waals surface area contributed by atoms with Crippen molar-refractivity contribution in [1.29, 1.82) is 0 Å². The summed E-state index contributed by atoms with van der Waals surface area (Å²) in [6, 6.07) is 5.22. The van der Waals surface area contributed by atoms with E-state index in [4.69, 9.17) is 0 Å². The van der Waals surface area contributed by atoms with E-state index >= 15 is 0 Å². The van der Waals surface area contributed by atoms with Crippen molar-refractivity contribution in [3.8, 4) is 0 Å². The molecule has 4 heteroatoms. The third-order valence-electron chi connectivity index (χ3n) is 2.83. The highest BCUT2D eigenvalue weighted by Crippen LogP contribution is 2.26. The van der Waals surface area contributed by atoms with Gasteiger partial charge >= 0.3 is 0 Å². The highest BCUT2D eigenvalue weighted by molar-refractivity contribution is 9.10. The number of amides is 1. The molecule has 0 aromatic heterocycles. The summed E-state index contributed by atoms with van der Waals surface area (Å²) in [6.07, 6.45) is 2.46. The van der Waals surface area contributed by atoms with Crippen LogP contribution in [0, 0.1) is 5.82 Å². The van der Waals surface area contributed by atoms with Gasteiger partial charge in [-0.05, 0) is 46.5 Å². The second kappa shape index (κ2) is 4.53. The number of rotatable bonds is 3. The average molecular weight is 286 g/mol. The number of nitrogens with zero attached hydrogens (tertiary/aromatic N) is 1. The highest BCUT2D eigenvalue weighted by atomic mass is 79.9. The molecule has 0 aliphatic heterocycles. The second-order valence-electron chi connectivity index (χ2n) is 4.16. The van der Waals surface area contributed by atoms with Crippen LogP contribution in [-0.4, -0.2) is 23.9 Å². The maximum atomic E-state index is 13.2. The Morgan fingerprint density at radius 1 is 1.56 bits per heavy atom. The maximum absolute atomic E-state index is 13.2. The molecule has 0 bridgehead atoms. The first-order valence-corrected chi connectivity index (χ1v) is 6.07. The summed E-state index contributed by atoms with van der Waals surface area (Å²) in [5.41, 5.74) is 0.721. The van der Waals surface area contributed by atoms with Crippen LogP contribution in [0.4, 0.5) is 4.39 Å². The summed E-state index contributed by atoms with van der Waals surface area (Å²) >= 11 is 3.09. The Morgan fingerprint density at radius 2 is 2.25 bits per heavy atom. The smallest absolute Gasteiger partial charge is 0.226 e. The summed E-state index contributed by atoms with van der Waals surface area (Å²) < 4.78 is 13.7. The molecule has 1 fully saturated rings. The molecule has 2 rings (SSSR count). The van der Waals surface area contributed by atoms with Crippen LogP contribution in [0.3, 0.4) is 0 Å². The molecule has 86 valence electrons. The van der Waals surface area contributed by atoms with Crippen LogP contribution >= 0.6 is 15.9 Å². The number of hydrogen-bond donors (Lipinski definition) is 0. The highest BCUT2D eigenvalue weighted by Gasteiger charge is 2.29. The third-order valence-corrected chi connectivity index (χ3v) is 3.47. The van der Waals surface area contributed by atoms with E-state index < -0.39 is 0 Å². The van der Waals surface area contributed by atoms with Gasteiger partial charge in [-0.25, -0.2) is 4.39 Å². The van der Waals surface area contributed by atoms with Gasteiger partial charge in [0.1, 0.15) is 5.82 Å².